The number of nitrogens with one attached hydrogen (secondary N) is 2. The third-order valence-electron chi connectivity index (χ3n) is 4.06. The molecule has 0 spiro atoms. The summed E-state index contributed by atoms with van der Waals surface area (Å²) in [4.78, 5) is 27.1. The van der Waals surface area contributed by atoms with Crippen LogP contribution in [0.3, 0.4) is 0 Å². The third kappa shape index (κ3) is 4.74. The molecule has 1 aliphatic rings. The maximum atomic E-state index is 12.9. The number of urea groups is 1. The van der Waals surface area contributed by atoms with Crippen molar-refractivity contribution >= 4 is 29.2 Å². The van der Waals surface area contributed by atoms with Crippen molar-refractivity contribution in [2.75, 3.05) is 31.6 Å². The summed E-state index contributed by atoms with van der Waals surface area (Å²) >= 11 is 5.94. The Morgan fingerprint density at radius 2 is 1.77 bits per heavy atom. The molecule has 0 aromatic heterocycles. The van der Waals surface area contributed by atoms with Crippen molar-refractivity contribution in [3.05, 3.63) is 65.2 Å². The Morgan fingerprint density at radius 1 is 1.04 bits per heavy atom. The fraction of sp³-hybridized carbons (Fsp3) is 0.263. The molecule has 1 heterocycles. The van der Waals surface area contributed by atoms with E-state index in [1.165, 1.54) is 0 Å². The number of rotatable bonds is 4. The fourth-order valence-corrected chi connectivity index (χ4v) is 2.95. The summed E-state index contributed by atoms with van der Waals surface area (Å²) in [6.45, 7) is 2.03. The molecule has 0 aliphatic carbocycles. The van der Waals surface area contributed by atoms with Crippen LogP contribution in [0.4, 0.5) is 10.5 Å². The van der Waals surface area contributed by atoms with Crippen molar-refractivity contribution in [2.45, 2.75) is 6.04 Å². The van der Waals surface area contributed by atoms with Crippen molar-refractivity contribution in [3.8, 4) is 0 Å². The predicted molar refractivity (Wildman–Crippen MR) is 100 cm³/mol. The molecule has 1 fully saturated rings. The van der Waals surface area contributed by atoms with Gasteiger partial charge >= 0.3 is 6.03 Å². The molecule has 2 aromatic carbocycles. The topological polar surface area (TPSA) is 70.7 Å². The van der Waals surface area contributed by atoms with E-state index < -0.39 is 12.1 Å². The molecule has 2 aromatic rings. The first-order valence-electron chi connectivity index (χ1n) is 8.38. The largest absolute Gasteiger partial charge is 0.378 e. The summed E-state index contributed by atoms with van der Waals surface area (Å²) in [6.07, 6.45) is 0. The monoisotopic (exact) mass is 373 g/mol. The molecule has 0 bridgehead atoms. The van der Waals surface area contributed by atoms with E-state index in [0.29, 0.717) is 37.0 Å². The van der Waals surface area contributed by atoms with Gasteiger partial charge in [0.15, 0.2) is 0 Å². The molecule has 2 N–H and O–H groups in total. The fourth-order valence-electron chi connectivity index (χ4n) is 2.76. The summed E-state index contributed by atoms with van der Waals surface area (Å²) in [5, 5.41) is 6.00. The second kappa shape index (κ2) is 8.69. The number of ether oxygens (including phenoxy) is 1. The van der Waals surface area contributed by atoms with E-state index in [2.05, 4.69) is 10.6 Å². The van der Waals surface area contributed by atoms with Gasteiger partial charge in [0, 0.05) is 23.8 Å². The molecule has 6 nitrogen and oxygen atoms in total. The van der Waals surface area contributed by atoms with Crippen LogP contribution >= 0.6 is 11.6 Å². The zero-order valence-corrected chi connectivity index (χ0v) is 14.9. The molecule has 136 valence electrons. The van der Waals surface area contributed by atoms with Gasteiger partial charge in [-0.25, -0.2) is 4.79 Å². The molecule has 7 heteroatoms. The minimum atomic E-state index is -0.770. The van der Waals surface area contributed by atoms with Crippen LogP contribution in [0.1, 0.15) is 11.6 Å². The normalized spacial score (nSPS) is 15.2. The number of carbonyl (C=O) groups is 2. The highest BCUT2D eigenvalue weighted by molar-refractivity contribution is 6.30. The van der Waals surface area contributed by atoms with Crippen LogP contribution < -0.4 is 10.6 Å². The Bertz CT molecular complexity index is 764. The molecule has 0 radical (unpaired) electrons. The minimum absolute atomic E-state index is 0.152. The Labute approximate surface area is 157 Å². The van der Waals surface area contributed by atoms with Crippen LogP contribution in [-0.4, -0.2) is 43.1 Å². The number of benzene rings is 2. The standard InChI is InChI=1S/C19H20ClN3O3/c20-15-7-4-8-16(13-15)21-19(25)22-17(14-5-2-1-3-6-14)18(24)23-9-11-26-12-10-23/h1-8,13,17H,9-12H2,(H2,21,22,25)/t17-/m0/s1. The van der Waals surface area contributed by atoms with Gasteiger partial charge in [0.1, 0.15) is 6.04 Å². The van der Waals surface area contributed by atoms with E-state index in [0.717, 1.165) is 5.56 Å². The van der Waals surface area contributed by atoms with Gasteiger partial charge in [-0.05, 0) is 23.8 Å². The van der Waals surface area contributed by atoms with Crippen molar-refractivity contribution in [2.24, 2.45) is 0 Å². The third-order valence-corrected chi connectivity index (χ3v) is 4.30. The first-order valence-corrected chi connectivity index (χ1v) is 8.76. The Kier molecular flexibility index (Phi) is 6.09. The van der Waals surface area contributed by atoms with E-state index in [9.17, 15) is 9.59 Å². The lowest BCUT2D eigenvalue weighted by Crippen LogP contribution is -2.48. The molecule has 1 atom stereocenters. The number of amides is 3. The number of hydrogen-bond acceptors (Lipinski definition) is 3. The van der Waals surface area contributed by atoms with Crippen molar-refractivity contribution in [3.63, 3.8) is 0 Å². The zero-order valence-electron chi connectivity index (χ0n) is 14.2. The summed E-state index contributed by atoms with van der Waals surface area (Å²) in [6, 6.07) is 14.8. The summed E-state index contributed by atoms with van der Waals surface area (Å²) in [5.41, 5.74) is 1.28. The first kappa shape index (κ1) is 18.2. The van der Waals surface area contributed by atoms with Crippen LogP contribution in [0.5, 0.6) is 0 Å². The highest BCUT2D eigenvalue weighted by Crippen LogP contribution is 2.18. The lowest BCUT2D eigenvalue weighted by molar-refractivity contribution is -0.137. The molecule has 26 heavy (non-hydrogen) atoms. The molecular weight excluding hydrogens is 354 g/mol. The molecule has 0 unspecified atom stereocenters. The van der Waals surface area contributed by atoms with Gasteiger partial charge in [0.05, 0.1) is 13.2 Å². The lowest BCUT2D eigenvalue weighted by atomic mass is 10.1. The van der Waals surface area contributed by atoms with Gasteiger partial charge in [-0.15, -0.1) is 0 Å². The Hall–Kier alpha value is -2.57. The number of hydrogen-bond donors (Lipinski definition) is 2. The molecule has 3 amide bonds. The second-order valence-electron chi connectivity index (χ2n) is 5.89. The number of carbonyl (C=O) groups excluding carboxylic acids is 2. The molecule has 1 aliphatic heterocycles. The van der Waals surface area contributed by atoms with Crippen LogP contribution in [0.2, 0.25) is 5.02 Å². The quantitative estimate of drug-likeness (QED) is 0.865. The maximum Gasteiger partial charge on any atom is 0.320 e. The second-order valence-corrected chi connectivity index (χ2v) is 6.33. The van der Waals surface area contributed by atoms with Gasteiger partial charge in [-0.3, -0.25) is 4.79 Å². The Balaban J connectivity index is 1.74. The number of anilines is 1. The van der Waals surface area contributed by atoms with Crippen molar-refractivity contribution in [1.29, 1.82) is 0 Å². The van der Waals surface area contributed by atoms with Gasteiger partial charge in [-0.2, -0.15) is 0 Å². The van der Waals surface area contributed by atoms with E-state index in [1.807, 2.05) is 30.3 Å². The van der Waals surface area contributed by atoms with Gasteiger partial charge in [0.25, 0.3) is 0 Å². The highest BCUT2D eigenvalue weighted by Gasteiger charge is 2.28. The molecule has 1 saturated heterocycles. The summed E-state index contributed by atoms with van der Waals surface area (Å²) < 4.78 is 5.30. The first-order chi connectivity index (χ1) is 12.6. The van der Waals surface area contributed by atoms with Crippen LogP contribution in [0.25, 0.3) is 0 Å². The highest BCUT2D eigenvalue weighted by atomic mass is 35.5. The van der Waals surface area contributed by atoms with Gasteiger partial charge in [-0.1, -0.05) is 48.0 Å². The van der Waals surface area contributed by atoms with Crippen LogP contribution in [0.15, 0.2) is 54.6 Å². The SMILES string of the molecule is O=C(Nc1cccc(Cl)c1)N[C@H](C(=O)N1CCOCC1)c1ccccc1. The average Bonchev–Trinajstić information content (AvgIpc) is 2.67. The molecule has 3 rings (SSSR count). The van der Waals surface area contributed by atoms with E-state index in [4.69, 9.17) is 16.3 Å². The van der Waals surface area contributed by atoms with Gasteiger partial charge < -0.3 is 20.3 Å². The van der Waals surface area contributed by atoms with Crippen molar-refractivity contribution < 1.29 is 14.3 Å². The lowest BCUT2D eigenvalue weighted by Gasteiger charge is -2.31. The maximum absolute atomic E-state index is 12.9. The molecule has 0 saturated carbocycles. The summed E-state index contributed by atoms with van der Waals surface area (Å²) in [7, 11) is 0. The number of nitrogens with zero attached hydrogens (tertiary/aromatic N) is 1. The zero-order chi connectivity index (χ0) is 18.4. The molecular formula is C19H20ClN3O3. The minimum Gasteiger partial charge on any atom is -0.378 e. The van der Waals surface area contributed by atoms with E-state index >= 15 is 0 Å². The average molecular weight is 374 g/mol. The Morgan fingerprint density at radius 3 is 2.46 bits per heavy atom. The van der Waals surface area contributed by atoms with Gasteiger partial charge in [0.2, 0.25) is 5.91 Å². The summed E-state index contributed by atoms with van der Waals surface area (Å²) in [5.74, 6) is -0.152. The van der Waals surface area contributed by atoms with Crippen LogP contribution in [0, 0.1) is 0 Å². The van der Waals surface area contributed by atoms with Crippen LogP contribution in [-0.2, 0) is 9.53 Å². The smallest absolute Gasteiger partial charge is 0.320 e. The predicted octanol–water partition coefficient (Wildman–Crippen LogP) is 3.06. The van der Waals surface area contributed by atoms with E-state index in [1.54, 1.807) is 29.2 Å². The van der Waals surface area contributed by atoms with E-state index in [-0.39, 0.29) is 5.91 Å². The van der Waals surface area contributed by atoms with Crippen molar-refractivity contribution in [1.82, 2.24) is 10.2 Å². The number of morpholine rings is 1. The number of halogens is 1.